The SMILES string of the molecule is CCc1ccc(Oc2ccc(F)cc2F)cc1C1=C(O)CCCC1=O. The van der Waals surface area contributed by atoms with Crippen molar-refractivity contribution in [3.63, 3.8) is 0 Å². The first-order valence-corrected chi connectivity index (χ1v) is 8.21. The summed E-state index contributed by atoms with van der Waals surface area (Å²) < 4.78 is 32.3. The van der Waals surface area contributed by atoms with Gasteiger partial charge in [-0.1, -0.05) is 13.0 Å². The lowest BCUT2D eigenvalue weighted by Gasteiger charge is -2.19. The smallest absolute Gasteiger partial charge is 0.168 e. The molecule has 0 atom stereocenters. The number of halogens is 2. The van der Waals surface area contributed by atoms with Crippen LogP contribution in [0, 0.1) is 11.6 Å². The van der Waals surface area contributed by atoms with Gasteiger partial charge in [0, 0.05) is 18.9 Å². The third kappa shape index (κ3) is 3.55. The van der Waals surface area contributed by atoms with Crippen molar-refractivity contribution in [2.45, 2.75) is 32.6 Å². The second kappa shape index (κ2) is 7.05. The summed E-state index contributed by atoms with van der Waals surface area (Å²) in [5.41, 5.74) is 1.81. The van der Waals surface area contributed by atoms with Crippen molar-refractivity contribution in [2.24, 2.45) is 0 Å². The van der Waals surface area contributed by atoms with E-state index >= 15 is 0 Å². The largest absolute Gasteiger partial charge is 0.512 e. The van der Waals surface area contributed by atoms with E-state index in [9.17, 15) is 18.7 Å². The average molecular weight is 344 g/mol. The molecule has 0 heterocycles. The number of aryl methyl sites for hydroxylation is 1. The van der Waals surface area contributed by atoms with E-state index in [1.165, 1.54) is 6.07 Å². The van der Waals surface area contributed by atoms with Gasteiger partial charge in [0.1, 0.15) is 17.3 Å². The van der Waals surface area contributed by atoms with Gasteiger partial charge < -0.3 is 9.84 Å². The third-order valence-electron chi connectivity index (χ3n) is 4.24. The van der Waals surface area contributed by atoms with Crippen LogP contribution in [0.2, 0.25) is 0 Å². The number of hydrogen-bond donors (Lipinski definition) is 1. The average Bonchev–Trinajstić information content (AvgIpc) is 2.57. The molecule has 0 amide bonds. The molecule has 3 rings (SSSR count). The first kappa shape index (κ1) is 17.1. The van der Waals surface area contributed by atoms with E-state index < -0.39 is 11.6 Å². The molecular weight excluding hydrogens is 326 g/mol. The van der Waals surface area contributed by atoms with Crippen molar-refractivity contribution in [1.29, 1.82) is 0 Å². The van der Waals surface area contributed by atoms with E-state index in [-0.39, 0.29) is 17.3 Å². The molecule has 0 unspecified atom stereocenters. The second-order valence-electron chi connectivity index (χ2n) is 5.95. The Morgan fingerprint density at radius 3 is 2.60 bits per heavy atom. The van der Waals surface area contributed by atoms with Gasteiger partial charge in [0.2, 0.25) is 0 Å². The summed E-state index contributed by atoms with van der Waals surface area (Å²) in [7, 11) is 0. The lowest BCUT2D eigenvalue weighted by molar-refractivity contribution is -0.114. The molecule has 0 fully saturated rings. The van der Waals surface area contributed by atoms with Crippen molar-refractivity contribution in [2.75, 3.05) is 0 Å². The number of carbonyl (C=O) groups excluding carboxylic acids is 1. The molecule has 1 N–H and O–H groups in total. The minimum absolute atomic E-state index is 0.0797. The first-order valence-electron chi connectivity index (χ1n) is 8.21. The van der Waals surface area contributed by atoms with Crippen LogP contribution >= 0.6 is 0 Å². The molecule has 3 nitrogen and oxygen atoms in total. The summed E-state index contributed by atoms with van der Waals surface area (Å²) in [5.74, 6) is -1.31. The Labute approximate surface area is 144 Å². The number of ether oxygens (including phenoxy) is 1. The Morgan fingerprint density at radius 1 is 1.12 bits per heavy atom. The highest BCUT2D eigenvalue weighted by atomic mass is 19.1. The Kier molecular flexibility index (Phi) is 4.83. The molecular formula is C20H18F2O3. The number of ketones is 1. The highest BCUT2D eigenvalue weighted by Crippen LogP contribution is 2.34. The maximum atomic E-state index is 13.8. The number of benzene rings is 2. The molecule has 130 valence electrons. The number of Topliss-reactive ketones (excluding diaryl/α,β-unsaturated/α-hetero) is 1. The van der Waals surface area contributed by atoms with Gasteiger partial charge in [0.15, 0.2) is 17.3 Å². The van der Waals surface area contributed by atoms with Crippen molar-refractivity contribution >= 4 is 11.4 Å². The van der Waals surface area contributed by atoms with Crippen LogP contribution in [-0.2, 0) is 11.2 Å². The lowest BCUT2D eigenvalue weighted by Crippen LogP contribution is -2.12. The molecule has 0 saturated carbocycles. The Morgan fingerprint density at radius 2 is 1.92 bits per heavy atom. The van der Waals surface area contributed by atoms with Crippen LogP contribution in [0.3, 0.4) is 0 Å². The van der Waals surface area contributed by atoms with Gasteiger partial charge in [-0.15, -0.1) is 0 Å². The molecule has 0 radical (unpaired) electrons. The van der Waals surface area contributed by atoms with Crippen LogP contribution in [0.15, 0.2) is 42.2 Å². The zero-order valence-electron chi connectivity index (χ0n) is 13.8. The van der Waals surface area contributed by atoms with Crippen LogP contribution < -0.4 is 4.74 Å². The van der Waals surface area contributed by atoms with Gasteiger partial charge in [0.25, 0.3) is 0 Å². The minimum atomic E-state index is -0.808. The molecule has 0 aromatic heterocycles. The predicted octanol–water partition coefficient (Wildman–Crippen LogP) is 5.34. The van der Waals surface area contributed by atoms with Crippen molar-refractivity contribution in [3.8, 4) is 11.5 Å². The van der Waals surface area contributed by atoms with E-state index in [1.54, 1.807) is 18.2 Å². The fraction of sp³-hybridized carbons (Fsp3) is 0.250. The first-order chi connectivity index (χ1) is 12.0. The monoisotopic (exact) mass is 344 g/mol. The number of carbonyl (C=O) groups is 1. The number of allylic oxidation sites excluding steroid dienone is 2. The predicted molar refractivity (Wildman–Crippen MR) is 90.7 cm³/mol. The van der Waals surface area contributed by atoms with Gasteiger partial charge >= 0.3 is 0 Å². The van der Waals surface area contributed by atoms with Crippen LogP contribution in [0.5, 0.6) is 11.5 Å². The van der Waals surface area contributed by atoms with E-state index in [0.29, 0.717) is 42.6 Å². The molecule has 25 heavy (non-hydrogen) atoms. The van der Waals surface area contributed by atoms with Crippen LogP contribution in [0.1, 0.15) is 37.3 Å². The van der Waals surface area contributed by atoms with E-state index in [2.05, 4.69) is 0 Å². The molecule has 1 aliphatic carbocycles. The number of aliphatic hydroxyl groups is 1. The minimum Gasteiger partial charge on any atom is -0.512 e. The van der Waals surface area contributed by atoms with E-state index in [0.717, 1.165) is 17.7 Å². The number of hydrogen-bond acceptors (Lipinski definition) is 3. The van der Waals surface area contributed by atoms with Gasteiger partial charge in [0.05, 0.1) is 5.57 Å². The van der Waals surface area contributed by atoms with Crippen LogP contribution in [0.4, 0.5) is 8.78 Å². The molecule has 2 aromatic carbocycles. The lowest BCUT2D eigenvalue weighted by atomic mass is 9.87. The van der Waals surface area contributed by atoms with Crippen molar-refractivity contribution in [1.82, 2.24) is 0 Å². The second-order valence-corrected chi connectivity index (χ2v) is 5.95. The van der Waals surface area contributed by atoms with Crippen molar-refractivity contribution < 1.29 is 23.4 Å². The van der Waals surface area contributed by atoms with Crippen molar-refractivity contribution in [3.05, 3.63) is 64.9 Å². The summed E-state index contributed by atoms with van der Waals surface area (Å²) in [6.07, 6.45) is 2.15. The number of rotatable bonds is 4. The van der Waals surface area contributed by atoms with Gasteiger partial charge in [-0.05, 0) is 48.2 Å². The van der Waals surface area contributed by atoms with Crippen LogP contribution in [-0.4, -0.2) is 10.9 Å². The molecule has 0 aliphatic heterocycles. The highest BCUT2D eigenvalue weighted by molar-refractivity contribution is 6.22. The van der Waals surface area contributed by atoms with Gasteiger partial charge in [-0.25, -0.2) is 8.78 Å². The normalized spacial score (nSPS) is 14.8. The maximum absolute atomic E-state index is 13.8. The molecule has 0 spiro atoms. The summed E-state index contributed by atoms with van der Waals surface area (Å²) >= 11 is 0. The topological polar surface area (TPSA) is 46.5 Å². The Balaban J connectivity index is 2.02. The summed E-state index contributed by atoms with van der Waals surface area (Å²) in [4.78, 5) is 12.3. The van der Waals surface area contributed by atoms with Gasteiger partial charge in [-0.3, -0.25) is 4.79 Å². The fourth-order valence-electron chi connectivity index (χ4n) is 2.98. The molecule has 2 aromatic rings. The standard InChI is InChI=1S/C20H18F2O3/c1-2-12-6-8-14(25-19-9-7-13(21)10-16(19)22)11-15(12)20-17(23)4-3-5-18(20)24/h6-11,23H,2-5H2,1H3. The quantitative estimate of drug-likeness (QED) is 0.814. The van der Waals surface area contributed by atoms with Crippen LogP contribution in [0.25, 0.3) is 5.57 Å². The maximum Gasteiger partial charge on any atom is 0.168 e. The highest BCUT2D eigenvalue weighted by Gasteiger charge is 2.24. The Hall–Kier alpha value is -2.69. The zero-order valence-corrected chi connectivity index (χ0v) is 13.8. The summed E-state index contributed by atoms with van der Waals surface area (Å²) in [5, 5.41) is 10.2. The third-order valence-corrected chi connectivity index (χ3v) is 4.24. The van der Waals surface area contributed by atoms with Gasteiger partial charge in [-0.2, -0.15) is 0 Å². The Bertz CT molecular complexity index is 856. The molecule has 1 aliphatic rings. The molecule has 0 saturated heterocycles. The van der Waals surface area contributed by atoms with E-state index in [4.69, 9.17) is 4.74 Å². The summed E-state index contributed by atoms with van der Waals surface area (Å²) in [6.45, 7) is 1.95. The van der Waals surface area contributed by atoms with E-state index in [1.807, 2.05) is 6.92 Å². The summed E-state index contributed by atoms with van der Waals surface area (Å²) in [6, 6.07) is 8.13. The molecule has 5 heteroatoms. The fourth-order valence-corrected chi connectivity index (χ4v) is 2.98. The molecule has 0 bridgehead atoms. The zero-order chi connectivity index (χ0) is 18.0. The number of aliphatic hydroxyl groups excluding tert-OH is 1.